The summed E-state index contributed by atoms with van der Waals surface area (Å²) in [5.41, 5.74) is 0. The van der Waals surface area contributed by atoms with E-state index in [0.29, 0.717) is 5.75 Å². The second kappa shape index (κ2) is 4.86. The fourth-order valence-electron chi connectivity index (χ4n) is 0.443. The Morgan fingerprint density at radius 2 is 2.20 bits per heavy atom. The fraction of sp³-hybridized carbons (Fsp3) is 0.750. The Morgan fingerprint density at radius 1 is 1.60 bits per heavy atom. The second-order valence-corrected chi connectivity index (χ2v) is 18.5. The third kappa shape index (κ3) is 3.46. The zero-order valence-corrected chi connectivity index (χ0v) is 9.47. The van der Waals surface area contributed by atoms with Crippen LogP contribution in [0.2, 0.25) is 0 Å². The minimum absolute atomic E-state index is 0.306. The van der Waals surface area contributed by atoms with E-state index in [4.69, 9.17) is 5.11 Å². The van der Waals surface area contributed by atoms with Crippen LogP contribution in [0.25, 0.3) is 0 Å². The van der Waals surface area contributed by atoms with Crippen molar-refractivity contribution in [1.82, 2.24) is 0 Å². The molecule has 1 aliphatic heterocycles. The first-order valence-corrected chi connectivity index (χ1v) is 12.4. The van der Waals surface area contributed by atoms with Crippen molar-refractivity contribution < 1.29 is 9.90 Å². The van der Waals surface area contributed by atoms with Gasteiger partial charge in [-0.3, -0.25) is 0 Å². The molecule has 0 aromatic heterocycles. The van der Waals surface area contributed by atoms with Crippen LogP contribution in [0.1, 0.15) is 0 Å². The SMILES string of the molecule is O=C(O)CS[As]1SCCS1. The normalized spacial score (nSPS) is 19.6. The van der Waals surface area contributed by atoms with Crippen molar-refractivity contribution >= 4 is 47.2 Å². The van der Waals surface area contributed by atoms with Crippen LogP contribution in [0.5, 0.6) is 0 Å². The summed E-state index contributed by atoms with van der Waals surface area (Å²) in [4.78, 5) is 10.1. The molecule has 0 bridgehead atoms. The molecule has 1 rings (SSSR count). The van der Waals surface area contributed by atoms with E-state index in [2.05, 4.69) is 0 Å². The first-order valence-electron chi connectivity index (χ1n) is 2.70. The van der Waals surface area contributed by atoms with Gasteiger partial charge < -0.3 is 0 Å². The van der Waals surface area contributed by atoms with Crippen molar-refractivity contribution in [3.8, 4) is 0 Å². The molecule has 58 valence electrons. The van der Waals surface area contributed by atoms with Gasteiger partial charge in [0.15, 0.2) is 0 Å². The molecule has 1 N–H and O–H groups in total. The molecular formula is C4H7AsO2S3. The van der Waals surface area contributed by atoms with Gasteiger partial charge in [0.05, 0.1) is 0 Å². The Morgan fingerprint density at radius 3 is 2.70 bits per heavy atom. The number of hydrogen-bond acceptors (Lipinski definition) is 4. The van der Waals surface area contributed by atoms with Crippen LogP contribution in [-0.2, 0) is 4.79 Å². The van der Waals surface area contributed by atoms with Crippen LogP contribution < -0.4 is 0 Å². The summed E-state index contributed by atoms with van der Waals surface area (Å²) in [6.45, 7) is 0. The topological polar surface area (TPSA) is 37.3 Å². The molecule has 0 amide bonds. The molecule has 2 nitrogen and oxygen atoms in total. The summed E-state index contributed by atoms with van der Waals surface area (Å²) in [7, 11) is 5.65. The maximum atomic E-state index is 10.1. The number of aliphatic carboxylic acids is 1. The fourth-order valence-corrected chi connectivity index (χ4v) is 19.0. The van der Waals surface area contributed by atoms with Gasteiger partial charge in [-0.05, 0) is 0 Å². The summed E-state index contributed by atoms with van der Waals surface area (Å²) in [5, 5.41) is 8.36. The molecule has 0 atom stereocenters. The summed E-state index contributed by atoms with van der Waals surface area (Å²) in [6.07, 6.45) is 0. The average Bonchev–Trinajstić information content (AvgIpc) is 2.34. The molecule has 0 radical (unpaired) electrons. The Bertz CT molecular complexity index is 126. The second-order valence-electron chi connectivity index (χ2n) is 1.56. The van der Waals surface area contributed by atoms with Crippen LogP contribution >= 0.6 is 30.1 Å². The van der Waals surface area contributed by atoms with E-state index in [-0.39, 0.29) is 0 Å². The van der Waals surface area contributed by atoms with Crippen molar-refractivity contribution in [2.24, 2.45) is 0 Å². The van der Waals surface area contributed by atoms with Gasteiger partial charge in [-0.1, -0.05) is 0 Å². The monoisotopic (exact) mass is 258 g/mol. The van der Waals surface area contributed by atoms with Crippen LogP contribution in [0.15, 0.2) is 0 Å². The number of carboxylic acid groups (broad SMARTS) is 1. The van der Waals surface area contributed by atoms with Crippen LogP contribution in [0.3, 0.4) is 0 Å². The molecule has 0 saturated carbocycles. The molecule has 0 spiro atoms. The van der Waals surface area contributed by atoms with E-state index >= 15 is 0 Å². The molecule has 0 unspecified atom stereocenters. The first-order chi connectivity index (χ1) is 4.79. The molecule has 0 aromatic carbocycles. The maximum absolute atomic E-state index is 10.1. The molecule has 0 aliphatic carbocycles. The predicted molar refractivity (Wildman–Crippen MR) is 50.8 cm³/mol. The minimum atomic E-state index is -0.830. The Labute approximate surface area is 74.1 Å². The molecular weight excluding hydrogens is 251 g/mol. The molecule has 1 saturated heterocycles. The Kier molecular flexibility index (Phi) is 4.45. The van der Waals surface area contributed by atoms with Gasteiger partial charge in [0.25, 0.3) is 0 Å². The van der Waals surface area contributed by atoms with E-state index in [0.717, 1.165) is 0 Å². The van der Waals surface area contributed by atoms with Crippen molar-refractivity contribution in [3.05, 3.63) is 0 Å². The zero-order valence-electron chi connectivity index (χ0n) is 5.15. The summed E-state index contributed by atoms with van der Waals surface area (Å²) >= 11 is -0.830. The van der Waals surface area contributed by atoms with E-state index in [9.17, 15) is 4.79 Å². The van der Waals surface area contributed by atoms with Crippen molar-refractivity contribution in [2.75, 3.05) is 17.3 Å². The van der Waals surface area contributed by atoms with Crippen LogP contribution in [0.4, 0.5) is 0 Å². The van der Waals surface area contributed by atoms with Gasteiger partial charge in [-0.15, -0.1) is 0 Å². The molecule has 1 heterocycles. The van der Waals surface area contributed by atoms with Gasteiger partial charge in [0.1, 0.15) is 0 Å². The zero-order chi connectivity index (χ0) is 7.40. The van der Waals surface area contributed by atoms with Crippen molar-refractivity contribution in [2.45, 2.75) is 0 Å². The number of carboxylic acids is 1. The van der Waals surface area contributed by atoms with Gasteiger partial charge >= 0.3 is 74.4 Å². The standard InChI is InChI=1S/C4H7AsO2S3/c6-4(7)3-10-5-8-1-2-9-5/h1-3H2,(H,6,7). The predicted octanol–water partition coefficient (Wildman–Crippen LogP) is 1.27. The van der Waals surface area contributed by atoms with Gasteiger partial charge in [-0.2, -0.15) is 0 Å². The third-order valence-electron chi connectivity index (χ3n) is 0.770. The molecule has 1 fully saturated rings. The van der Waals surface area contributed by atoms with E-state index < -0.39 is 17.2 Å². The third-order valence-corrected chi connectivity index (χ3v) is 19.8. The Balaban J connectivity index is 2.07. The number of hydrogen-bond donors (Lipinski definition) is 1. The number of carbonyl (C=O) groups is 1. The average molecular weight is 258 g/mol. The summed E-state index contributed by atoms with van der Waals surface area (Å²) < 4.78 is 0. The van der Waals surface area contributed by atoms with Gasteiger partial charge in [0.2, 0.25) is 0 Å². The van der Waals surface area contributed by atoms with E-state index in [1.807, 2.05) is 20.0 Å². The van der Waals surface area contributed by atoms with Gasteiger partial charge in [-0.25, -0.2) is 0 Å². The van der Waals surface area contributed by atoms with Crippen LogP contribution in [0, 0.1) is 0 Å². The molecule has 6 heteroatoms. The first kappa shape index (κ1) is 9.17. The molecule has 0 aromatic rings. The van der Waals surface area contributed by atoms with E-state index in [1.54, 1.807) is 10.0 Å². The Hall–Kier alpha value is 1.08. The van der Waals surface area contributed by atoms with E-state index in [1.165, 1.54) is 11.5 Å². The number of rotatable bonds is 3. The summed E-state index contributed by atoms with van der Waals surface area (Å²) in [6, 6.07) is 0. The van der Waals surface area contributed by atoms with Crippen molar-refractivity contribution in [1.29, 1.82) is 0 Å². The summed E-state index contributed by atoms with van der Waals surface area (Å²) in [5.74, 6) is 2.10. The quantitative estimate of drug-likeness (QED) is 0.772. The molecule has 1 aliphatic rings. The van der Waals surface area contributed by atoms with Crippen molar-refractivity contribution in [3.63, 3.8) is 0 Å². The van der Waals surface area contributed by atoms with Crippen LogP contribution in [-0.4, -0.2) is 39.5 Å². The molecule has 10 heavy (non-hydrogen) atoms. The van der Waals surface area contributed by atoms with Gasteiger partial charge in [0, 0.05) is 0 Å².